The molecule has 0 aromatic carbocycles. The van der Waals surface area contributed by atoms with E-state index in [1.165, 1.54) is 27.3 Å². The molecular formula is C16H18ClFN6OS2. The summed E-state index contributed by atoms with van der Waals surface area (Å²) in [6.45, 7) is 0.486. The zero-order valence-corrected chi connectivity index (χ0v) is 16.9. The molecule has 0 aliphatic heterocycles. The second-order valence-electron chi connectivity index (χ2n) is 5.39. The molecule has 11 heteroatoms. The number of rotatable bonds is 7. The fourth-order valence-electron chi connectivity index (χ4n) is 2.26. The Morgan fingerprint density at radius 1 is 1.37 bits per heavy atom. The van der Waals surface area contributed by atoms with Crippen LogP contribution >= 0.6 is 35.5 Å². The minimum absolute atomic E-state index is 0. The highest BCUT2D eigenvalue weighted by Gasteiger charge is 2.10. The van der Waals surface area contributed by atoms with Crippen LogP contribution in [-0.4, -0.2) is 37.1 Å². The molecular weight excluding hydrogens is 411 g/mol. The molecule has 144 valence electrons. The first kappa shape index (κ1) is 21.3. The van der Waals surface area contributed by atoms with Crippen molar-refractivity contribution in [2.75, 3.05) is 12.8 Å². The van der Waals surface area contributed by atoms with E-state index >= 15 is 0 Å². The maximum atomic E-state index is 12.6. The van der Waals surface area contributed by atoms with Crippen LogP contribution in [0.2, 0.25) is 0 Å². The van der Waals surface area contributed by atoms with E-state index in [9.17, 15) is 9.18 Å². The highest BCUT2D eigenvalue weighted by Crippen LogP contribution is 2.28. The Kier molecular flexibility index (Phi) is 7.72. The summed E-state index contributed by atoms with van der Waals surface area (Å²) in [6.07, 6.45) is 7.37. The molecule has 0 radical (unpaired) electrons. The van der Waals surface area contributed by atoms with Crippen molar-refractivity contribution in [3.8, 4) is 10.4 Å². The van der Waals surface area contributed by atoms with Gasteiger partial charge in [-0.2, -0.15) is 5.10 Å². The summed E-state index contributed by atoms with van der Waals surface area (Å²) in [7, 11) is 0. The second kappa shape index (κ2) is 9.79. The summed E-state index contributed by atoms with van der Waals surface area (Å²) in [6, 6.07) is 3.93. The normalized spacial score (nSPS) is 11.4. The van der Waals surface area contributed by atoms with Crippen LogP contribution in [0, 0.1) is 0 Å². The molecule has 0 aliphatic rings. The molecule has 7 nitrogen and oxygen atoms in total. The molecule has 0 atom stereocenters. The molecule has 0 amide bonds. The lowest BCUT2D eigenvalue weighted by molar-refractivity contribution is 0.604. The third-order valence-corrected chi connectivity index (χ3v) is 5.34. The van der Waals surface area contributed by atoms with E-state index < -0.39 is 0 Å². The predicted octanol–water partition coefficient (Wildman–Crippen LogP) is 2.57. The van der Waals surface area contributed by atoms with E-state index in [-0.39, 0.29) is 31.2 Å². The number of halogens is 2. The Hall–Kier alpha value is -2.01. The number of nitrogens with two attached hydrogens (primary N) is 1. The first-order chi connectivity index (χ1) is 12.6. The number of thiophene rings is 1. The zero-order chi connectivity index (χ0) is 18.5. The van der Waals surface area contributed by atoms with Crippen molar-refractivity contribution < 1.29 is 4.39 Å². The average Bonchev–Trinajstić information content (AvgIpc) is 3.28. The van der Waals surface area contributed by atoms with Gasteiger partial charge in [-0.15, -0.1) is 23.7 Å². The van der Waals surface area contributed by atoms with Crippen molar-refractivity contribution in [3.63, 3.8) is 0 Å². The van der Waals surface area contributed by atoms with E-state index in [0.717, 1.165) is 20.5 Å². The van der Waals surface area contributed by atoms with Crippen molar-refractivity contribution >= 4 is 35.5 Å². The third-order valence-electron chi connectivity index (χ3n) is 3.65. The Labute approximate surface area is 169 Å². The highest BCUT2D eigenvalue weighted by atomic mass is 35.5. The summed E-state index contributed by atoms with van der Waals surface area (Å²) in [5, 5.41) is 4.74. The molecule has 27 heavy (non-hydrogen) atoms. The number of hydrogen-bond donors (Lipinski definition) is 1. The third kappa shape index (κ3) is 5.04. The standard InChI is InChI=1S/C16H17FN6OS2.ClH/c1-25-15-19-6-12(7-20-15)14-3-2-13(26-14)9-22-10-21-23(16(22)24)8-11(4-17)5-18;/h2-4,6-7,10H,5,8-9,18H2,1H3;1H/b11-4+;. The topological polar surface area (TPSA) is 91.6 Å². The van der Waals surface area contributed by atoms with Gasteiger partial charge < -0.3 is 5.73 Å². The fraction of sp³-hybridized carbons (Fsp3) is 0.250. The van der Waals surface area contributed by atoms with Gasteiger partial charge in [0.2, 0.25) is 0 Å². The van der Waals surface area contributed by atoms with Crippen molar-refractivity contribution in [1.82, 2.24) is 24.3 Å². The first-order valence-electron chi connectivity index (χ1n) is 7.70. The molecule has 2 N–H and O–H groups in total. The lowest BCUT2D eigenvalue weighted by Gasteiger charge is -2.01. The Bertz CT molecular complexity index is 966. The van der Waals surface area contributed by atoms with Crippen LogP contribution in [0.25, 0.3) is 10.4 Å². The van der Waals surface area contributed by atoms with Gasteiger partial charge >= 0.3 is 5.69 Å². The van der Waals surface area contributed by atoms with E-state index in [1.807, 2.05) is 18.4 Å². The molecule has 0 saturated carbocycles. The highest BCUT2D eigenvalue weighted by molar-refractivity contribution is 7.98. The van der Waals surface area contributed by atoms with Crippen molar-refractivity contribution in [1.29, 1.82) is 0 Å². The van der Waals surface area contributed by atoms with Crippen LogP contribution in [0.1, 0.15) is 4.88 Å². The van der Waals surface area contributed by atoms with Crippen LogP contribution < -0.4 is 11.4 Å². The number of aromatic nitrogens is 5. The Balaban J connectivity index is 0.00000261. The van der Waals surface area contributed by atoms with Gasteiger partial charge in [-0.3, -0.25) is 4.57 Å². The largest absolute Gasteiger partial charge is 0.346 e. The van der Waals surface area contributed by atoms with Crippen molar-refractivity contribution in [3.05, 3.63) is 58.1 Å². The van der Waals surface area contributed by atoms with Crippen LogP contribution in [0.3, 0.4) is 0 Å². The summed E-state index contributed by atoms with van der Waals surface area (Å²) in [5.41, 5.74) is 6.36. The van der Waals surface area contributed by atoms with Crippen molar-refractivity contribution in [2.24, 2.45) is 5.73 Å². The molecule has 3 aromatic rings. The summed E-state index contributed by atoms with van der Waals surface area (Å²) in [5.74, 6) is 0. The van der Waals surface area contributed by atoms with Gasteiger partial charge in [0.15, 0.2) is 5.16 Å². The number of thioether (sulfide) groups is 1. The number of nitrogens with zero attached hydrogens (tertiary/aromatic N) is 5. The molecule has 0 spiro atoms. The molecule has 0 unspecified atom stereocenters. The van der Waals surface area contributed by atoms with Gasteiger partial charge in [-0.1, -0.05) is 11.8 Å². The van der Waals surface area contributed by atoms with E-state index in [4.69, 9.17) is 5.73 Å². The second-order valence-corrected chi connectivity index (χ2v) is 7.34. The minimum Gasteiger partial charge on any atom is -0.327 e. The molecule has 3 rings (SSSR count). The van der Waals surface area contributed by atoms with Crippen LogP contribution in [0.15, 0.2) is 52.7 Å². The summed E-state index contributed by atoms with van der Waals surface area (Å²) in [4.78, 5) is 22.9. The van der Waals surface area contributed by atoms with Gasteiger partial charge in [-0.25, -0.2) is 23.8 Å². The fourth-order valence-corrected chi connectivity index (χ4v) is 3.56. The molecule has 3 aromatic heterocycles. The molecule has 0 bridgehead atoms. The average molecular weight is 429 g/mol. The Morgan fingerprint density at radius 3 is 2.74 bits per heavy atom. The minimum atomic E-state index is -0.305. The first-order valence-corrected chi connectivity index (χ1v) is 9.74. The monoisotopic (exact) mass is 428 g/mol. The van der Waals surface area contributed by atoms with Crippen LogP contribution in [0.5, 0.6) is 0 Å². The van der Waals surface area contributed by atoms with Crippen LogP contribution in [0.4, 0.5) is 4.39 Å². The molecule has 0 fully saturated rings. The molecule has 0 aliphatic carbocycles. The molecule has 3 heterocycles. The SMILES string of the molecule is CSc1ncc(-c2ccc(Cn3cnn(C/C(=C/F)CN)c3=O)s2)cn1.Cl. The predicted molar refractivity (Wildman–Crippen MR) is 108 cm³/mol. The quantitative estimate of drug-likeness (QED) is 0.459. The van der Waals surface area contributed by atoms with Crippen molar-refractivity contribution in [2.45, 2.75) is 18.2 Å². The lowest BCUT2D eigenvalue weighted by Crippen LogP contribution is -2.26. The van der Waals surface area contributed by atoms with Gasteiger partial charge in [0.1, 0.15) is 6.33 Å². The van der Waals surface area contributed by atoms with Gasteiger partial charge in [0, 0.05) is 34.3 Å². The van der Waals surface area contributed by atoms with Gasteiger partial charge in [0.25, 0.3) is 0 Å². The van der Waals surface area contributed by atoms with Gasteiger partial charge in [-0.05, 0) is 24.0 Å². The van der Waals surface area contributed by atoms with Gasteiger partial charge in [0.05, 0.1) is 19.4 Å². The van der Waals surface area contributed by atoms with E-state index in [2.05, 4.69) is 15.1 Å². The molecule has 0 saturated heterocycles. The zero-order valence-electron chi connectivity index (χ0n) is 14.4. The van der Waals surface area contributed by atoms with Crippen LogP contribution in [-0.2, 0) is 13.1 Å². The maximum Gasteiger partial charge on any atom is 0.346 e. The summed E-state index contributed by atoms with van der Waals surface area (Å²) >= 11 is 3.05. The lowest BCUT2D eigenvalue weighted by atomic mass is 10.3. The Morgan fingerprint density at radius 2 is 2.11 bits per heavy atom. The summed E-state index contributed by atoms with van der Waals surface area (Å²) < 4.78 is 15.3. The van der Waals surface area contributed by atoms with E-state index in [0.29, 0.717) is 18.4 Å². The maximum absolute atomic E-state index is 12.6. The number of hydrogen-bond acceptors (Lipinski definition) is 7. The smallest absolute Gasteiger partial charge is 0.327 e. The van der Waals surface area contributed by atoms with E-state index in [1.54, 1.807) is 23.7 Å².